The third-order valence-electron chi connectivity index (χ3n) is 4.03. The van der Waals surface area contributed by atoms with Crippen LogP contribution in [-0.4, -0.2) is 34.2 Å². The van der Waals surface area contributed by atoms with Crippen LogP contribution in [0.5, 0.6) is 0 Å². The first-order valence-corrected chi connectivity index (χ1v) is 7.49. The number of hydrogen-bond acceptors (Lipinski definition) is 4. The summed E-state index contributed by atoms with van der Waals surface area (Å²) >= 11 is 0. The SMILES string of the molecule is COCc1ccc(C2CCCN2C(=O)c2cc(C)nn2C)o1. The highest BCUT2D eigenvalue weighted by molar-refractivity contribution is 5.93. The summed E-state index contributed by atoms with van der Waals surface area (Å²) in [4.78, 5) is 14.7. The highest BCUT2D eigenvalue weighted by Gasteiger charge is 2.33. The minimum absolute atomic E-state index is 0.00619. The number of carbonyl (C=O) groups is 1. The van der Waals surface area contributed by atoms with Crippen molar-refractivity contribution in [2.24, 2.45) is 7.05 Å². The zero-order valence-corrected chi connectivity index (χ0v) is 13.2. The Morgan fingerprint density at radius 3 is 3.00 bits per heavy atom. The van der Waals surface area contributed by atoms with Crippen molar-refractivity contribution in [3.63, 3.8) is 0 Å². The van der Waals surface area contributed by atoms with E-state index in [9.17, 15) is 4.79 Å². The number of likely N-dealkylation sites (tertiary alicyclic amines) is 1. The van der Waals surface area contributed by atoms with Gasteiger partial charge in [-0.3, -0.25) is 9.48 Å². The Balaban J connectivity index is 1.83. The summed E-state index contributed by atoms with van der Waals surface area (Å²) in [5.74, 6) is 1.63. The molecule has 6 nitrogen and oxygen atoms in total. The van der Waals surface area contributed by atoms with E-state index in [2.05, 4.69) is 5.10 Å². The van der Waals surface area contributed by atoms with Gasteiger partial charge in [0.15, 0.2) is 0 Å². The maximum absolute atomic E-state index is 12.8. The second-order valence-electron chi connectivity index (χ2n) is 5.69. The van der Waals surface area contributed by atoms with E-state index in [-0.39, 0.29) is 11.9 Å². The molecule has 2 aromatic rings. The molecule has 1 unspecified atom stereocenters. The number of aryl methyl sites for hydroxylation is 2. The minimum Gasteiger partial charge on any atom is -0.461 e. The van der Waals surface area contributed by atoms with E-state index in [4.69, 9.17) is 9.15 Å². The van der Waals surface area contributed by atoms with Crippen LogP contribution >= 0.6 is 0 Å². The molecule has 22 heavy (non-hydrogen) atoms. The van der Waals surface area contributed by atoms with E-state index in [0.717, 1.165) is 36.6 Å². The Bertz CT molecular complexity index is 674. The summed E-state index contributed by atoms with van der Waals surface area (Å²) < 4.78 is 12.5. The summed E-state index contributed by atoms with van der Waals surface area (Å²) in [5, 5.41) is 4.26. The van der Waals surface area contributed by atoms with Gasteiger partial charge >= 0.3 is 0 Å². The Labute approximate surface area is 129 Å². The molecule has 1 amide bonds. The summed E-state index contributed by atoms with van der Waals surface area (Å²) in [6.45, 7) is 3.08. The van der Waals surface area contributed by atoms with Crippen molar-refractivity contribution in [3.8, 4) is 0 Å². The number of rotatable bonds is 4. The fourth-order valence-corrected chi connectivity index (χ4v) is 3.06. The first kappa shape index (κ1) is 14.8. The van der Waals surface area contributed by atoms with Gasteiger partial charge in [-0.15, -0.1) is 0 Å². The van der Waals surface area contributed by atoms with Crippen molar-refractivity contribution in [1.29, 1.82) is 0 Å². The second-order valence-corrected chi connectivity index (χ2v) is 5.69. The van der Waals surface area contributed by atoms with Gasteiger partial charge in [0.25, 0.3) is 5.91 Å². The quantitative estimate of drug-likeness (QED) is 0.870. The summed E-state index contributed by atoms with van der Waals surface area (Å²) in [6, 6.07) is 5.68. The summed E-state index contributed by atoms with van der Waals surface area (Å²) in [6.07, 6.45) is 1.90. The number of furan rings is 1. The van der Waals surface area contributed by atoms with Crippen LogP contribution < -0.4 is 0 Å². The molecule has 1 saturated heterocycles. The van der Waals surface area contributed by atoms with Crippen LogP contribution in [0.25, 0.3) is 0 Å². The lowest BCUT2D eigenvalue weighted by atomic mass is 10.1. The molecule has 3 heterocycles. The largest absolute Gasteiger partial charge is 0.461 e. The zero-order valence-electron chi connectivity index (χ0n) is 13.2. The highest BCUT2D eigenvalue weighted by Crippen LogP contribution is 2.34. The van der Waals surface area contributed by atoms with Crippen LogP contribution in [0.2, 0.25) is 0 Å². The van der Waals surface area contributed by atoms with Gasteiger partial charge in [-0.25, -0.2) is 0 Å². The smallest absolute Gasteiger partial charge is 0.272 e. The van der Waals surface area contributed by atoms with Gasteiger partial charge in [-0.1, -0.05) is 0 Å². The average molecular weight is 303 g/mol. The predicted molar refractivity (Wildman–Crippen MR) is 80.4 cm³/mol. The van der Waals surface area contributed by atoms with Crippen LogP contribution in [0.1, 0.15) is 46.6 Å². The lowest BCUT2D eigenvalue weighted by molar-refractivity contribution is 0.0704. The van der Waals surface area contributed by atoms with Crippen molar-refractivity contribution in [3.05, 3.63) is 41.1 Å². The first-order chi connectivity index (χ1) is 10.6. The molecular weight excluding hydrogens is 282 g/mol. The number of aromatic nitrogens is 2. The molecule has 0 aromatic carbocycles. The lowest BCUT2D eigenvalue weighted by Gasteiger charge is -2.23. The maximum Gasteiger partial charge on any atom is 0.272 e. The predicted octanol–water partition coefficient (Wildman–Crippen LogP) is 2.45. The standard InChI is InChI=1S/C16H21N3O3/c1-11-9-14(18(2)17-11)16(20)19-8-4-5-13(19)15-7-6-12(22-15)10-21-3/h6-7,9,13H,4-5,8,10H2,1-3H3. The number of ether oxygens (including phenoxy) is 1. The fraction of sp³-hybridized carbons (Fsp3) is 0.500. The number of carbonyl (C=O) groups excluding carboxylic acids is 1. The Morgan fingerprint density at radius 1 is 1.50 bits per heavy atom. The van der Waals surface area contributed by atoms with E-state index < -0.39 is 0 Å². The number of nitrogens with zero attached hydrogens (tertiary/aromatic N) is 3. The molecule has 0 saturated carbocycles. The molecule has 1 atom stereocenters. The van der Waals surface area contributed by atoms with E-state index >= 15 is 0 Å². The molecule has 2 aromatic heterocycles. The molecule has 1 fully saturated rings. The molecule has 6 heteroatoms. The molecule has 0 spiro atoms. The summed E-state index contributed by atoms with van der Waals surface area (Å²) in [7, 11) is 3.44. The first-order valence-electron chi connectivity index (χ1n) is 7.49. The monoisotopic (exact) mass is 303 g/mol. The van der Waals surface area contributed by atoms with E-state index in [1.807, 2.05) is 30.0 Å². The normalized spacial score (nSPS) is 18.1. The van der Waals surface area contributed by atoms with Crippen molar-refractivity contribution in [1.82, 2.24) is 14.7 Å². The Hall–Kier alpha value is -2.08. The second kappa shape index (κ2) is 5.96. The van der Waals surface area contributed by atoms with Gasteiger partial charge < -0.3 is 14.1 Å². The van der Waals surface area contributed by atoms with Gasteiger partial charge in [0.05, 0.1) is 11.7 Å². The minimum atomic E-state index is -0.00619. The number of amides is 1. The van der Waals surface area contributed by atoms with Crippen LogP contribution in [0.15, 0.2) is 22.6 Å². The Morgan fingerprint density at radius 2 is 2.32 bits per heavy atom. The molecule has 3 rings (SSSR count). The van der Waals surface area contributed by atoms with E-state index in [0.29, 0.717) is 12.3 Å². The average Bonchev–Trinajstić information content (AvgIpc) is 3.17. The van der Waals surface area contributed by atoms with E-state index in [1.165, 1.54) is 0 Å². The molecule has 0 N–H and O–H groups in total. The third kappa shape index (κ3) is 2.66. The number of hydrogen-bond donors (Lipinski definition) is 0. The molecule has 0 bridgehead atoms. The molecular formula is C16H21N3O3. The van der Waals surface area contributed by atoms with Gasteiger partial charge in [0.2, 0.25) is 0 Å². The number of methoxy groups -OCH3 is 1. The maximum atomic E-state index is 12.8. The van der Waals surface area contributed by atoms with Gasteiger partial charge in [-0.2, -0.15) is 5.10 Å². The highest BCUT2D eigenvalue weighted by atomic mass is 16.5. The molecule has 118 valence electrons. The third-order valence-corrected chi connectivity index (χ3v) is 4.03. The van der Waals surface area contributed by atoms with Gasteiger partial charge in [0, 0.05) is 20.7 Å². The lowest BCUT2D eigenvalue weighted by Crippen LogP contribution is -2.31. The van der Waals surface area contributed by atoms with E-state index in [1.54, 1.807) is 18.8 Å². The molecule has 0 radical (unpaired) electrons. The van der Waals surface area contributed by atoms with Crippen LogP contribution in [-0.2, 0) is 18.4 Å². The van der Waals surface area contributed by atoms with Gasteiger partial charge in [0.1, 0.15) is 23.8 Å². The molecule has 0 aliphatic carbocycles. The van der Waals surface area contributed by atoms with Crippen molar-refractivity contribution < 1.29 is 13.9 Å². The van der Waals surface area contributed by atoms with Crippen LogP contribution in [0.4, 0.5) is 0 Å². The topological polar surface area (TPSA) is 60.5 Å². The van der Waals surface area contributed by atoms with Crippen molar-refractivity contribution in [2.75, 3.05) is 13.7 Å². The molecule has 1 aliphatic heterocycles. The van der Waals surface area contributed by atoms with Gasteiger partial charge in [-0.05, 0) is 38.0 Å². The van der Waals surface area contributed by atoms with Crippen LogP contribution in [0, 0.1) is 6.92 Å². The fourth-order valence-electron chi connectivity index (χ4n) is 3.06. The Kier molecular flexibility index (Phi) is 4.02. The molecule has 1 aliphatic rings. The van der Waals surface area contributed by atoms with Crippen LogP contribution in [0.3, 0.4) is 0 Å². The zero-order chi connectivity index (χ0) is 15.7. The van der Waals surface area contributed by atoms with Crippen molar-refractivity contribution in [2.45, 2.75) is 32.4 Å². The summed E-state index contributed by atoms with van der Waals surface area (Å²) in [5.41, 5.74) is 1.47. The van der Waals surface area contributed by atoms with Crippen molar-refractivity contribution >= 4 is 5.91 Å².